The molecule has 0 radical (unpaired) electrons. The summed E-state index contributed by atoms with van der Waals surface area (Å²) >= 11 is 0. The van der Waals surface area contributed by atoms with E-state index in [0.29, 0.717) is 29.4 Å². The highest BCUT2D eigenvalue weighted by Crippen LogP contribution is 2.39. The highest BCUT2D eigenvalue weighted by molar-refractivity contribution is 5.54. The van der Waals surface area contributed by atoms with Crippen LogP contribution in [0.15, 0.2) is 30.3 Å². The van der Waals surface area contributed by atoms with E-state index in [2.05, 4.69) is 0 Å². The minimum atomic E-state index is -0.250. The summed E-state index contributed by atoms with van der Waals surface area (Å²) < 4.78 is 26.8. The molecule has 0 aromatic heterocycles. The highest BCUT2D eigenvalue weighted by atomic mass is 16.5. The molecule has 25 heavy (non-hydrogen) atoms. The first-order chi connectivity index (χ1) is 12.1. The minimum absolute atomic E-state index is 0.0759. The van der Waals surface area contributed by atoms with E-state index in [-0.39, 0.29) is 11.9 Å². The van der Waals surface area contributed by atoms with E-state index in [0.717, 1.165) is 11.1 Å². The van der Waals surface area contributed by atoms with Gasteiger partial charge in [-0.15, -0.1) is 0 Å². The van der Waals surface area contributed by atoms with Crippen LogP contribution < -0.4 is 18.9 Å². The molecule has 1 atom stereocenters. The molecule has 1 unspecified atom stereocenters. The van der Waals surface area contributed by atoms with Gasteiger partial charge in [-0.05, 0) is 35.4 Å². The number of methoxy groups -OCH3 is 5. The third kappa shape index (κ3) is 4.09. The Bertz CT molecular complexity index is 688. The summed E-state index contributed by atoms with van der Waals surface area (Å²) in [6.45, 7) is 0. The number of hydrogen-bond acceptors (Lipinski definition) is 6. The molecule has 0 spiro atoms. The second kappa shape index (κ2) is 8.48. The Morgan fingerprint density at radius 1 is 0.800 bits per heavy atom. The van der Waals surface area contributed by atoms with Gasteiger partial charge in [-0.2, -0.15) is 0 Å². The largest absolute Gasteiger partial charge is 0.504 e. The van der Waals surface area contributed by atoms with Crippen molar-refractivity contribution in [2.24, 2.45) is 0 Å². The molecule has 0 aliphatic heterocycles. The third-order valence-corrected chi connectivity index (χ3v) is 4.00. The highest BCUT2D eigenvalue weighted by Gasteiger charge is 2.18. The molecule has 2 aromatic carbocycles. The maximum atomic E-state index is 10.00. The summed E-state index contributed by atoms with van der Waals surface area (Å²) in [6, 6.07) is 9.00. The summed E-state index contributed by atoms with van der Waals surface area (Å²) in [5.41, 5.74) is 1.80. The van der Waals surface area contributed by atoms with Gasteiger partial charge in [0, 0.05) is 13.5 Å². The van der Waals surface area contributed by atoms with Crippen molar-refractivity contribution in [1.82, 2.24) is 0 Å². The molecule has 0 heterocycles. The zero-order valence-corrected chi connectivity index (χ0v) is 15.2. The Morgan fingerprint density at radius 3 is 1.84 bits per heavy atom. The Hall–Kier alpha value is -2.60. The second-order valence-electron chi connectivity index (χ2n) is 5.39. The number of ether oxygens (including phenoxy) is 5. The monoisotopic (exact) mass is 348 g/mol. The van der Waals surface area contributed by atoms with E-state index >= 15 is 0 Å². The van der Waals surface area contributed by atoms with Crippen LogP contribution >= 0.6 is 0 Å². The van der Waals surface area contributed by atoms with Crippen molar-refractivity contribution in [3.63, 3.8) is 0 Å². The van der Waals surface area contributed by atoms with Gasteiger partial charge in [0.25, 0.3) is 0 Å². The van der Waals surface area contributed by atoms with Crippen molar-refractivity contribution in [3.8, 4) is 28.7 Å². The van der Waals surface area contributed by atoms with Crippen LogP contribution in [0.2, 0.25) is 0 Å². The predicted octanol–water partition coefficient (Wildman–Crippen LogP) is 3.36. The first-order valence-electron chi connectivity index (χ1n) is 7.76. The van der Waals surface area contributed by atoms with Crippen molar-refractivity contribution in [2.75, 3.05) is 35.5 Å². The third-order valence-electron chi connectivity index (χ3n) is 4.00. The van der Waals surface area contributed by atoms with Gasteiger partial charge in [0.1, 0.15) is 0 Å². The van der Waals surface area contributed by atoms with E-state index < -0.39 is 0 Å². The van der Waals surface area contributed by atoms with Gasteiger partial charge < -0.3 is 28.8 Å². The lowest BCUT2D eigenvalue weighted by Crippen LogP contribution is -2.06. The minimum Gasteiger partial charge on any atom is -0.504 e. The van der Waals surface area contributed by atoms with Gasteiger partial charge in [0.05, 0.1) is 34.5 Å². The van der Waals surface area contributed by atoms with E-state index in [9.17, 15) is 5.11 Å². The fourth-order valence-corrected chi connectivity index (χ4v) is 2.71. The lowest BCUT2D eigenvalue weighted by Gasteiger charge is -2.19. The zero-order chi connectivity index (χ0) is 18.4. The molecular formula is C19H24O6. The van der Waals surface area contributed by atoms with Gasteiger partial charge in [-0.3, -0.25) is 0 Å². The van der Waals surface area contributed by atoms with E-state index in [1.165, 1.54) is 7.11 Å². The average Bonchev–Trinajstić information content (AvgIpc) is 2.64. The number of benzene rings is 2. The number of phenols is 1. The van der Waals surface area contributed by atoms with Crippen LogP contribution in [0.25, 0.3) is 0 Å². The quantitative estimate of drug-likeness (QED) is 0.789. The van der Waals surface area contributed by atoms with Crippen molar-refractivity contribution in [2.45, 2.75) is 12.5 Å². The molecule has 0 saturated heterocycles. The lowest BCUT2D eigenvalue weighted by molar-refractivity contribution is 0.103. The molecule has 6 heteroatoms. The first-order valence-corrected chi connectivity index (χ1v) is 7.76. The molecule has 0 saturated carbocycles. The van der Waals surface area contributed by atoms with Gasteiger partial charge in [0.2, 0.25) is 5.75 Å². The Kier molecular flexibility index (Phi) is 6.36. The molecule has 0 amide bonds. The summed E-state index contributed by atoms with van der Waals surface area (Å²) in [4.78, 5) is 0. The smallest absolute Gasteiger partial charge is 0.203 e. The molecule has 0 aliphatic rings. The first kappa shape index (κ1) is 18.7. The van der Waals surface area contributed by atoms with Crippen molar-refractivity contribution < 1.29 is 28.8 Å². The molecular weight excluding hydrogens is 324 g/mol. The van der Waals surface area contributed by atoms with Crippen molar-refractivity contribution in [1.29, 1.82) is 0 Å². The topological polar surface area (TPSA) is 66.4 Å². The van der Waals surface area contributed by atoms with Crippen LogP contribution in [0.3, 0.4) is 0 Å². The number of hydrogen-bond donors (Lipinski definition) is 1. The summed E-state index contributed by atoms with van der Waals surface area (Å²) in [5.74, 6) is 2.22. The molecule has 0 bridgehead atoms. The molecule has 2 rings (SSSR count). The summed E-state index contributed by atoms with van der Waals surface area (Å²) in [7, 11) is 7.87. The number of phenolic OH excluding ortho intramolecular Hbond substituents is 1. The van der Waals surface area contributed by atoms with Gasteiger partial charge in [-0.25, -0.2) is 0 Å². The van der Waals surface area contributed by atoms with E-state index in [1.54, 1.807) is 40.6 Å². The van der Waals surface area contributed by atoms with Crippen molar-refractivity contribution >= 4 is 0 Å². The Labute approximate surface area is 147 Å². The fraction of sp³-hybridized carbons (Fsp3) is 0.368. The Balaban J connectivity index is 2.34. The summed E-state index contributed by atoms with van der Waals surface area (Å²) in [5, 5.41) is 10.00. The number of rotatable bonds is 8. The molecule has 0 aliphatic carbocycles. The maximum Gasteiger partial charge on any atom is 0.203 e. The lowest BCUT2D eigenvalue weighted by atomic mass is 10.00. The second-order valence-corrected chi connectivity index (χ2v) is 5.39. The molecule has 6 nitrogen and oxygen atoms in total. The van der Waals surface area contributed by atoms with Gasteiger partial charge >= 0.3 is 0 Å². The zero-order valence-electron chi connectivity index (χ0n) is 15.2. The van der Waals surface area contributed by atoms with Crippen LogP contribution in [0.4, 0.5) is 0 Å². The number of aromatic hydroxyl groups is 1. The molecule has 1 N–H and O–H groups in total. The van der Waals surface area contributed by atoms with Gasteiger partial charge in [-0.1, -0.05) is 6.07 Å². The van der Waals surface area contributed by atoms with Crippen LogP contribution in [-0.4, -0.2) is 40.7 Å². The normalized spacial score (nSPS) is 11.7. The molecule has 136 valence electrons. The fourth-order valence-electron chi connectivity index (χ4n) is 2.71. The predicted molar refractivity (Wildman–Crippen MR) is 94.2 cm³/mol. The van der Waals surface area contributed by atoms with Crippen LogP contribution in [0.5, 0.6) is 28.7 Å². The maximum absolute atomic E-state index is 10.00. The Morgan fingerprint density at radius 2 is 1.40 bits per heavy atom. The van der Waals surface area contributed by atoms with Crippen molar-refractivity contribution in [3.05, 3.63) is 41.5 Å². The molecule has 2 aromatic rings. The van der Waals surface area contributed by atoms with Gasteiger partial charge in [0.15, 0.2) is 23.0 Å². The van der Waals surface area contributed by atoms with E-state index in [1.807, 2.05) is 18.2 Å². The molecule has 0 fully saturated rings. The van der Waals surface area contributed by atoms with Crippen LogP contribution in [-0.2, 0) is 11.2 Å². The SMILES string of the molecule is COc1ccc(C(Cc2cc(OC)c(OC)c(OC)c2)OC)cc1O. The standard InChI is InChI=1S/C19H24O6/c1-21-15-7-6-13(11-14(15)20)16(22-2)8-12-9-17(23-3)19(25-5)18(10-12)24-4/h6-7,9-11,16,20H,8H2,1-5H3. The van der Waals surface area contributed by atoms with Crippen LogP contribution in [0, 0.1) is 0 Å². The average molecular weight is 348 g/mol. The van der Waals surface area contributed by atoms with Crippen LogP contribution in [0.1, 0.15) is 17.2 Å². The summed E-state index contributed by atoms with van der Waals surface area (Å²) in [6.07, 6.45) is 0.318. The van der Waals surface area contributed by atoms with E-state index in [4.69, 9.17) is 23.7 Å².